The zero-order chi connectivity index (χ0) is 24.9. The molecule has 3 saturated carbocycles. The minimum absolute atomic E-state index is 0.140. The van der Waals surface area contributed by atoms with E-state index in [1.165, 1.54) is 44.1 Å². The van der Waals surface area contributed by atoms with Crippen LogP contribution in [0.5, 0.6) is 0 Å². The van der Waals surface area contributed by atoms with Crippen molar-refractivity contribution in [3.8, 4) is 0 Å². The van der Waals surface area contributed by atoms with E-state index in [0.717, 1.165) is 37.2 Å². The van der Waals surface area contributed by atoms with Gasteiger partial charge in [0, 0.05) is 6.42 Å². The van der Waals surface area contributed by atoms with Crippen LogP contribution in [0.4, 0.5) is 4.79 Å². The number of ether oxygens (including phenoxy) is 2. The molecule has 0 aliphatic heterocycles. The Balaban J connectivity index is 1.66. The van der Waals surface area contributed by atoms with Gasteiger partial charge in [-0.05, 0) is 110 Å². The van der Waals surface area contributed by atoms with Crippen molar-refractivity contribution in [1.82, 2.24) is 0 Å². The molecule has 0 aromatic heterocycles. The number of aliphatic hydroxyl groups is 1. The summed E-state index contributed by atoms with van der Waals surface area (Å²) in [6, 6.07) is 0. The molecule has 0 saturated heterocycles. The van der Waals surface area contributed by atoms with E-state index in [1.54, 1.807) is 5.57 Å². The van der Waals surface area contributed by atoms with Crippen molar-refractivity contribution < 1.29 is 19.4 Å². The molecule has 34 heavy (non-hydrogen) atoms. The molecule has 3 rings (SSSR count). The third-order valence-electron chi connectivity index (χ3n) is 8.78. The molecule has 4 nitrogen and oxygen atoms in total. The van der Waals surface area contributed by atoms with Gasteiger partial charge in [-0.3, -0.25) is 0 Å². The number of rotatable bonds is 8. The molecule has 0 heterocycles. The Morgan fingerprint density at radius 1 is 1.29 bits per heavy atom. The molecule has 0 aromatic carbocycles. The van der Waals surface area contributed by atoms with Crippen LogP contribution in [0.25, 0.3) is 0 Å². The van der Waals surface area contributed by atoms with Gasteiger partial charge in [0.25, 0.3) is 0 Å². The summed E-state index contributed by atoms with van der Waals surface area (Å²) >= 11 is 3.10. The Hall–Kier alpha value is -1.07. The van der Waals surface area contributed by atoms with E-state index in [2.05, 4.69) is 48.5 Å². The molecule has 3 fully saturated rings. The lowest BCUT2D eigenvalue weighted by atomic mass is 9.60. The molecule has 0 radical (unpaired) electrons. The summed E-state index contributed by atoms with van der Waals surface area (Å²) in [6.07, 6.45) is 15.8. The van der Waals surface area contributed by atoms with Crippen LogP contribution >= 0.6 is 15.9 Å². The molecular formula is C29H45BrO4. The van der Waals surface area contributed by atoms with E-state index in [0.29, 0.717) is 23.7 Å². The Morgan fingerprint density at radius 3 is 2.76 bits per heavy atom. The number of hydrogen-bond donors (Lipinski definition) is 1. The molecular weight excluding hydrogens is 492 g/mol. The number of carbonyl (C=O) groups excluding carboxylic acids is 1. The molecule has 0 aromatic rings. The lowest BCUT2D eigenvalue weighted by Gasteiger charge is -2.44. The van der Waals surface area contributed by atoms with E-state index in [1.807, 2.05) is 13.8 Å². The van der Waals surface area contributed by atoms with Crippen LogP contribution in [-0.4, -0.2) is 28.5 Å². The van der Waals surface area contributed by atoms with Crippen molar-refractivity contribution >= 4 is 22.1 Å². The monoisotopic (exact) mass is 536 g/mol. The topological polar surface area (TPSA) is 55.8 Å². The Bertz CT molecular complexity index is 792. The van der Waals surface area contributed by atoms with Gasteiger partial charge in [0.1, 0.15) is 11.6 Å². The fraction of sp³-hybridized carbons (Fsp3) is 0.759. The summed E-state index contributed by atoms with van der Waals surface area (Å²) in [7, 11) is 0. The van der Waals surface area contributed by atoms with Gasteiger partial charge in [0.2, 0.25) is 0 Å². The number of allylic oxidation sites excluding steroid dienone is 4. The largest absolute Gasteiger partial charge is 0.509 e. The maximum Gasteiger partial charge on any atom is 0.509 e. The maximum absolute atomic E-state index is 11.7. The second-order valence-corrected chi connectivity index (χ2v) is 12.3. The van der Waals surface area contributed by atoms with Crippen LogP contribution in [-0.2, 0) is 9.47 Å². The molecule has 3 aliphatic rings. The zero-order valence-corrected chi connectivity index (χ0v) is 23.3. The van der Waals surface area contributed by atoms with Gasteiger partial charge >= 0.3 is 6.16 Å². The summed E-state index contributed by atoms with van der Waals surface area (Å²) in [4.78, 5) is 11.7. The third-order valence-corrected chi connectivity index (χ3v) is 9.01. The Labute approximate surface area is 215 Å². The van der Waals surface area contributed by atoms with E-state index < -0.39 is 11.8 Å². The zero-order valence-electron chi connectivity index (χ0n) is 21.7. The van der Waals surface area contributed by atoms with Crippen LogP contribution in [0.1, 0.15) is 98.3 Å². The average molecular weight is 538 g/mol. The van der Waals surface area contributed by atoms with E-state index in [4.69, 9.17) is 9.47 Å². The maximum atomic E-state index is 11.7. The standard InChI is InChI=1S/C29H45BrO4/c1-20-10-13-24(34-27(31)33-19-30)18-23(20)12-11-22-9-7-17-29(5)25(14-15-26(22)29)21(2)8-6-16-28(3,4)32/h11-12,21,24-26,32H,1,6-10,13-19H2,2-5H3/t21-,24+,25-,26?,29-/m1/s1. The Kier molecular flexibility index (Phi) is 9.53. The fourth-order valence-corrected chi connectivity index (χ4v) is 7.16. The van der Waals surface area contributed by atoms with Crippen LogP contribution in [0.2, 0.25) is 0 Å². The molecule has 0 spiro atoms. The van der Waals surface area contributed by atoms with Gasteiger partial charge in [-0.15, -0.1) is 0 Å². The van der Waals surface area contributed by atoms with Crippen molar-refractivity contribution in [2.24, 2.45) is 23.2 Å². The lowest BCUT2D eigenvalue weighted by Crippen LogP contribution is -2.36. The number of halogens is 1. The second kappa shape index (κ2) is 11.8. The second-order valence-electron chi connectivity index (χ2n) is 11.8. The number of carbonyl (C=O) groups is 1. The molecule has 1 N–H and O–H groups in total. The predicted octanol–water partition coefficient (Wildman–Crippen LogP) is 8.25. The van der Waals surface area contributed by atoms with Crippen molar-refractivity contribution in [3.05, 3.63) is 35.5 Å². The van der Waals surface area contributed by atoms with Gasteiger partial charge in [-0.25, -0.2) is 4.79 Å². The molecule has 0 amide bonds. The first-order chi connectivity index (χ1) is 16.0. The number of alkyl halides is 1. The van der Waals surface area contributed by atoms with Gasteiger partial charge in [-0.2, -0.15) is 0 Å². The Morgan fingerprint density at radius 2 is 2.06 bits per heavy atom. The molecule has 192 valence electrons. The molecule has 5 heteroatoms. The van der Waals surface area contributed by atoms with Crippen molar-refractivity contribution in [1.29, 1.82) is 0 Å². The summed E-state index contributed by atoms with van der Waals surface area (Å²) in [5.74, 6) is 2.13. The van der Waals surface area contributed by atoms with E-state index in [-0.39, 0.29) is 11.6 Å². The van der Waals surface area contributed by atoms with E-state index in [9.17, 15) is 9.90 Å². The first kappa shape index (κ1) is 27.5. The van der Waals surface area contributed by atoms with Crippen LogP contribution in [0.3, 0.4) is 0 Å². The molecule has 1 unspecified atom stereocenters. The number of hydrogen-bond acceptors (Lipinski definition) is 4. The van der Waals surface area contributed by atoms with Crippen LogP contribution in [0.15, 0.2) is 35.5 Å². The highest BCUT2D eigenvalue weighted by Gasteiger charge is 2.50. The van der Waals surface area contributed by atoms with Crippen molar-refractivity contribution in [2.75, 3.05) is 5.52 Å². The number of fused-ring (bicyclic) bond motifs is 1. The molecule has 5 atom stereocenters. The fourth-order valence-electron chi connectivity index (χ4n) is 6.97. The summed E-state index contributed by atoms with van der Waals surface area (Å²) in [5, 5.41) is 10.1. The molecule has 0 bridgehead atoms. The van der Waals surface area contributed by atoms with Crippen LogP contribution < -0.4 is 0 Å². The highest BCUT2D eigenvalue weighted by atomic mass is 79.9. The van der Waals surface area contributed by atoms with E-state index >= 15 is 0 Å². The third kappa shape index (κ3) is 7.00. The predicted molar refractivity (Wildman–Crippen MR) is 142 cm³/mol. The summed E-state index contributed by atoms with van der Waals surface area (Å²) < 4.78 is 10.4. The first-order valence-corrected chi connectivity index (χ1v) is 14.3. The minimum Gasteiger partial charge on any atom is -0.431 e. The summed E-state index contributed by atoms with van der Waals surface area (Å²) in [6.45, 7) is 13.1. The average Bonchev–Trinajstić information content (AvgIpc) is 3.11. The van der Waals surface area contributed by atoms with Gasteiger partial charge in [0.15, 0.2) is 0 Å². The van der Waals surface area contributed by atoms with Crippen LogP contribution in [0, 0.1) is 23.2 Å². The van der Waals surface area contributed by atoms with Crippen molar-refractivity contribution in [2.45, 2.75) is 110 Å². The quantitative estimate of drug-likeness (QED) is 0.250. The SMILES string of the molecule is C=C1CC[C@H](OC(=O)OCBr)CC1=CC=C1CCC[C@@]2(C)C1CC[C@@H]2[C@H](C)CCCC(C)(C)O. The van der Waals surface area contributed by atoms with Gasteiger partial charge < -0.3 is 14.6 Å². The normalized spacial score (nSPS) is 33.1. The lowest BCUT2D eigenvalue weighted by molar-refractivity contribution is 0.0296. The first-order valence-electron chi connectivity index (χ1n) is 13.2. The highest BCUT2D eigenvalue weighted by molar-refractivity contribution is 9.09. The summed E-state index contributed by atoms with van der Waals surface area (Å²) in [5.41, 5.74) is 3.94. The van der Waals surface area contributed by atoms with Crippen molar-refractivity contribution in [3.63, 3.8) is 0 Å². The highest BCUT2D eigenvalue weighted by Crippen LogP contribution is 2.60. The minimum atomic E-state index is -0.608. The smallest absolute Gasteiger partial charge is 0.431 e. The van der Waals surface area contributed by atoms with Gasteiger partial charge in [-0.1, -0.05) is 56.6 Å². The van der Waals surface area contributed by atoms with Gasteiger partial charge in [0.05, 0.1) is 5.60 Å². The molecule has 3 aliphatic carbocycles.